The lowest BCUT2D eigenvalue weighted by atomic mass is 9.86. The maximum Gasteiger partial charge on any atom is 0.310 e. The molecule has 2 heterocycles. The van der Waals surface area contributed by atoms with Crippen LogP contribution >= 0.6 is 0 Å². The molecule has 2 fully saturated rings. The Balaban J connectivity index is 1.54. The number of aliphatic hydroxyl groups excluding tert-OH is 1. The highest BCUT2D eigenvalue weighted by Gasteiger charge is 2.63. The molecule has 40 heavy (non-hydrogen) atoms. The van der Waals surface area contributed by atoms with Gasteiger partial charge in [0.1, 0.15) is 6.10 Å². The SMILES string of the molecule is Cc1cccc([C@@H](C)[C@@H](/C=C/[C@@H]2[C@@H]3[C@H](C[C@H]2O)O/C(=C\CCCc2nn[nH]n2)C3(F)F)O[Si](C)(C)C(C)(C)C)c1. The summed E-state index contributed by atoms with van der Waals surface area (Å²) in [5.74, 6) is -4.75. The van der Waals surface area contributed by atoms with E-state index in [1.54, 1.807) is 6.08 Å². The first-order chi connectivity index (χ1) is 18.7. The van der Waals surface area contributed by atoms with Crippen molar-refractivity contribution in [3.8, 4) is 0 Å². The fourth-order valence-electron chi connectivity index (χ4n) is 5.45. The summed E-state index contributed by atoms with van der Waals surface area (Å²) in [5.41, 5.74) is 2.30. The minimum absolute atomic E-state index is 0.00891. The molecule has 1 aliphatic heterocycles. The number of alkyl halides is 2. The summed E-state index contributed by atoms with van der Waals surface area (Å²) in [6.45, 7) is 15.1. The molecular formula is C30H44F2N4O3Si. The molecule has 0 bridgehead atoms. The number of nitrogens with one attached hydrogen (secondary N) is 1. The third-order valence-electron chi connectivity index (χ3n) is 8.90. The van der Waals surface area contributed by atoms with E-state index in [2.05, 4.69) is 86.5 Å². The van der Waals surface area contributed by atoms with Crippen LogP contribution in [0.1, 0.15) is 69.8 Å². The van der Waals surface area contributed by atoms with Crippen molar-refractivity contribution in [2.75, 3.05) is 0 Å². The molecule has 1 saturated heterocycles. The van der Waals surface area contributed by atoms with Crippen LogP contribution in [0.3, 0.4) is 0 Å². The number of hydrogen-bond donors (Lipinski definition) is 2. The highest BCUT2D eigenvalue weighted by molar-refractivity contribution is 6.74. The lowest BCUT2D eigenvalue weighted by Gasteiger charge is -2.40. The molecule has 6 atom stereocenters. The number of aryl methyl sites for hydroxylation is 2. The van der Waals surface area contributed by atoms with Crippen LogP contribution in [0.5, 0.6) is 0 Å². The standard InChI is InChI=1S/C30H44F2N4O3Si/c1-19-11-10-12-21(17-19)20(2)24(39-40(6,7)29(3,4)5)16-15-22-23(37)18-25-28(22)30(31,32)26(38-25)13-8-9-14-27-33-35-36-34-27/h10-13,15-17,20,22-25,28,37H,8-9,14,18H2,1-7H3,(H,33,34,35,36)/b16-15+,26-13-/t20-,22+,23-,24-,25+,28-/m1/s1. The Morgan fingerprint density at radius 2 is 2.05 bits per heavy atom. The van der Waals surface area contributed by atoms with E-state index in [0.717, 1.165) is 11.1 Å². The van der Waals surface area contributed by atoms with Gasteiger partial charge in [0.25, 0.3) is 0 Å². The van der Waals surface area contributed by atoms with Gasteiger partial charge in [0.15, 0.2) is 19.9 Å². The molecule has 2 aliphatic rings. The second-order valence-corrected chi connectivity index (χ2v) is 17.7. The van der Waals surface area contributed by atoms with Crippen LogP contribution < -0.4 is 0 Å². The Morgan fingerprint density at radius 1 is 1.30 bits per heavy atom. The lowest BCUT2D eigenvalue weighted by Crippen LogP contribution is -2.44. The Hall–Kier alpha value is -2.43. The van der Waals surface area contributed by atoms with E-state index in [1.165, 1.54) is 6.08 Å². The van der Waals surface area contributed by atoms with Crippen LogP contribution in [-0.4, -0.2) is 58.3 Å². The van der Waals surface area contributed by atoms with Crippen molar-refractivity contribution in [1.82, 2.24) is 20.6 Å². The van der Waals surface area contributed by atoms with Crippen molar-refractivity contribution in [2.45, 2.75) is 109 Å². The van der Waals surface area contributed by atoms with Crippen LogP contribution in [-0.2, 0) is 15.6 Å². The maximum atomic E-state index is 15.7. The number of aromatic nitrogens is 4. The number of fused-ring (bicyclic) bond motifs is 1. The zero-order valence-electron chi connectivity index (χ0n) is 24.7. The first-order valence-corrected chi connectivity index (χ1v) is 17.2. The second kappa shape index (κ2) is 11.8. The van der Waals surface area contributed by atoms with Gasteiger partial charge < -0.3 is 14.3 Å². The Labute approximate surface area is 237 Å². The molecule has 7 nitrogen and oxygen atoms in total. The summed E-state index contributed by atoms with van der Waals surface area (Å²) in [4.78, 5) is 0. The fraction of sp³-hybridized carbons (Fsp3) is 0.633. The van der Waals surface area contributed by atoms with Gasteiger partial charge in [-0.2, -0.15) is 14.0 Å². The largest absolute Gasteiger partial charge is 0.488 e. The van der Waals surface area contributed by atoms with Gasteiger partial charge in [-0.25, -0.2) is 0 Å². The number of tetrazole rings is 1. The van der Waals surface area contributed by atoms with Crippen molar-refractivity contribution in [3.05, 3.63) is 65.2 Å². The molecule has 220 valence electrons. The van der Waals surface area contributed by atoms with Crippen molar-refractivity contribution in [3.63, 3.8) is 0 Å². The Morgan fingerprint density at radius 3 is 2.70 bits per heavy atom. The van der Waals surface area contributed by atoms with E-state index in [9.17, 15) is 5.11 Å². The summed E-state index contributed by atoms with van der Waals surface area (Å²) in [6, 6.07) is 8.33. The third kappa shape index (κ3) is 6.55. The predicted molar refractivity (Wildman–Crippen MR) is 153 cm³/mol. The van der Waals surface area contributed by atoms with Gasteiger partial charge in [-0.05, 0) is 49.5 Å². The molecular weight excluding hydrogens is 530 g/mol. The number of aromatic amines is 1. The fourth-order valence-corrected chi connectivity index (χ4v) is 6.77. The summed E-state index contributed by atoms with van der Waals surface area (Å²) in [7, 11) is -2.19. The van der Waals surface area contributed by atoms with Crippen molar-refractivity contribution in [2.24, 2.45) is 11.8 Å². The van der Waals surface area contributed by atoms with Gasteiger partial charge in [0.2, 0.25) is 0 Å². The average molecular weight is 575 g/mol. The molecule has 0 spiro atoms. The predicted octanol–water partition coefficient (Wildman–Crippen LogP) is 6.50. The molecule has 1 saturated carbocycles. The van der Waals surface area contributed by atoms with E-state index >= 15 is 8.78 Å². The molecule has 2 N–H and O–H groups in total. The normalized spacial score (nSPS) is 27.2. The van der Waals surface area contributed by atoms with Gasteiger partial charge in [-0.15, -0.1) is 10.2 Å². The molecule has 0 amide bonds. The minimum Gasteiger partial charge on any atom is -0.488 e. The van der Waals surface area contributed by atoms with Crippen LogP contribution in [0.4, 0.5) is 8.78 Å². The first-order valence-electron chi connectivity index (χ1n) is 14.3. The number of halogens is 2. The van der Waals surface area contributed by atoms with E-state index in [-0.39, 0.29) is 29.2 Å². The average Bonchev–Trinajstić information content (AvgIpc) is 3.55. The third-order valence-corrected chi connectivity index (χ3v) is 13.4. The van der Waals surface area contributed by atoms with Gasteiger partial charge in [-0.3, -0.25) is 0 Å². The molecule has 10 heteroatoms. The number of allylic oxidation sites excluding steroid dienone is 2. The van der Waals surface area contributed by atoms with E-state index in [0.29, 0.717) is 25.1 Å². The Bertz CT molecular complexity index is 1200. The first kappa shape index (κ1) is 30.5. The molecule has 1 aromatic heterocycles. The smallest absolute Gasteiger partial charge is 0.310 e. The van der Waals surface area contributed by atoms with E-state index in [1.807, 2.05) is 12.1 Å². The molecule has 1 aliphatic carbocycles. The molecule has 1 aromatic carbocycles. The van der Waals surface area contributed by atoms with Crippen molar-refractivity contribution < 1.29 is 23.1 Å². The van der Waals surface area contributed by atoms with Crippen LogP contribution in [0.2, 0.25) is 18.1 Å². The zero-order chi connectivity index (χ0) is 29.3. The summed E-state index contributed by atoms with van der Waals surface area (Å²) >= 11 is 0. The van der Waals surface area contributed by atoms with E-state index < -0.39 is 38.3 Å². The van der Waals surface area contributed by atoms with Crippen molar-refractivity contribution in [1.29, 1.82) is 0 Å². The summed E-state index contributed by atoms with van der Waals surface area (Å²) in [5, 5.41) is 24.5. The Kier molecular flexibility index (Phi) is 9.02. The second-order valence-electron chi connectivity index (χ2n) is 12.9. The number of unbranched alkanes of at least 4 members (excludes halogenated alkanes) is 1. The summed E-state index contributed by atoms with van der Waals surface area (Å²) in [6.07, 6.45) is 4.97. The van der Waals surface area contributed by atoms with Gasteiger partial charge in [-0.1, -0.05) is 74.9 Å². The number of ether oxygens (including phenoxy) is 1. The molecule has 2 aromatic rings. The molecule has 4 rings (SSSR count). The number of H-pyrrole nitrogens is 1. The number of nitrogens with zero attached hydrogens (tertiary/aromatic N) is 3. The van der Waals surface area contributed by atoms with Crippen LogP contribution in [0, 0.1) is 18.8 Å². The van der Waals surface area contributed by atoms with Gasteiger partial charge >= 0.3 is 5.92 Å². The lowest BCUT2D eigenvalue weighted by molar-refractivity contribution is -0.0273. The minimum atomic E-state index is -3.17. The highest BCUT2D eigenvalue weighted by atomic mass is 28.4. The zero-order valence-corrected chi connectivity index (χ0v) is 25.7. The topological polar surface area (TPSA) is 93.2 Å². The highest BCUT2D eigenvalue weighted by Crippen LogP contribution is 2.54. The van der Waals surface area contributed by atoms with Crippen molar-refractivity contribution >= 4 is 8.32 Å². The summed E-state index contributed by atoms with van der Waals surface area (Å²) < 4.78 is 44.0. The number of aliphatic hydroxyl groups is 1. The maximum absolute atomic E-state index is 15.7. The van der Waals surface area contributed by atoms with Crippen LogP contribution in [0.15, 0.2) is 48.3 Å². The number of rotatable bonds is 10. The monoisotopic (exact) mass is 574 g/mol. The molecule has 0 radical (unpaired) electrons. The number of benzene rings is 1. The van der Waals surface area contributed by atoms with Gasteiger partial charge in [0, 0.05) is 24.7 Å². The van der Waals surface area contributed by atoms with Gasteiger partial charge in [0.05, 0.1) is 18.1 Å². The quantitative estimate of drug-likeness (QED) is 0.191. The van der Waals surface area contributed by atoms with E-state index in [4.69, 9.17) is 9.16 Å². The number of hydrogen-bond acceptors (Lipinski definition) is 6. The molecule has 0 unspecified atom stereocenters. The van der Waals surface area contributed by atoms with Crippen LogP contribution in [0.25, 0.3) is 0 Å².